The number of amides is 1. The van der Waals surface area contributed by atoms with Gasteiger partial charge in [-0.05, 0) is 35.2 Å². The lowest BCUT2D eigenvalue weighted by Crippen LogP contribution is -2.40. The minimum atomic E-state index is -0.908. The fourth-order valence-corrected chi connectivity index (χ4v) is 3.43. The van der Waals surface area contributed by atoms with Crippen molar-refractivity contribution in [3.63, 3.8) is 0 Å². The molecule has 0 radical (unpaired) electrons. The molecule has 0 spiro atoms. The molecular weight excluding hydrogens is 361 g/mol. The Morgan fingerprint density at radius 3 is 2.60 bits per heavy atom. The highest BCUT2D eigenvalue weighted by Crippen LogP contribution is 2.29. The van der Waals surface area contributed by atoms with E-state index in [1.807, 2.05) is 30.3 Å². The van der Waals surface area contributed by atoms with E-state index in [0.717, 1.165) is 16.7 Å². The van der Waals surface area contributed by atoms with Crippen molar-refractivity contribution < 1.29 is 14.7 Å². The first kappa shape index (κ1) is 17.8. The molecule has 2 aromatic carbocycles. The second-order valence-corrected chi connectivity index (χ2v) is 6.93. The van der Waals surface area contributed by atoms with E-state index in [4.69, 9.17) is 23.2 Å². The fraction of sp³-hybridized carbons (Fsp3) is 0.263. The molecule has 130 valence electrons. The van der Waals surface area contributed by atoms with E-state index in [2.05, 4.69) is 0 Å². The number of carboxylic acids is 1. The summed E-state index contributed by atoms with van der Waals surface area (Å²) in [6.45, 7) is 0.646. The largest absolute Gasteiger partial charge is 0.481 e. The molecule has 6 heteroatoms. The second kappa shape index (κ2) is 7.46. The van der Waals surface area contributed by atoms with Gasteiger partial charge in [-0.3, -0.25) is 9.59 Å². The van der Waals surface area contributed by atoms with Crippen molar-refractivity contribution >= 4 is 35.1 Å². The summed E-state index contributed by atoms with van der Waals surface area (Å²) in [4.78, 5) is 25.8. The first-order valence-electron chi connectivity index (χ1n) is 7.98. The third-order valence-electron chi connectivity index (χ3n) is 4.46. The van der Waals surface area contributed by atoms with E-state index in [1.54, 1.807) is 17.0 Å². The minimum Gasteiger partial charge on any atom is -0.481 e. The van der Waals surface area contributed by atoms with Crippen molar-refractivity contribution in [3.05, 3.63) is 69.2 Å². The molecule has 25 heavy (non-hydrogen) atoms. The minimum absolute atomic E-state index is 0.0631. The Morgan fingerprint density at radius 1 is 1.12 bits per heavy atom. The molecule has 0 saturated carbocycles. The van der Waals surface area contributed by atoms with Crippen LogP contribution < -0.4 is 0 Å². The quantitative estimate of drug-likeness (QED) is 0.870. The van der Waals surface area contributed by atoms with Gasteiger partial charge in [0.05, 0.1) is 16.0 Å². The summed E-state index contributed by atoms with van der Waals surface area (Å²) in [7, 11) is 0. The Morgan fingerprint density at radius 2 is 1.88 bits per heavy atom. The van der Waals surface area contributed by atoms with E-state index in [-0.39, 0.29) is 12.5 Å². The molecule has 1 amide bonds. The fourth-order valence-electron chi connectivity index (χ4n) is 3.11. The number of aryl methyl sites for hydroxylation is 1. The Bertz CT molecular complexity index is 822. The van der Waals surface area contributed by atoms with Crippen LogP contribution in [0.1, 0.15) is 29.0 Å². The van der Waals surface area contributed by atoms with Crippen LogP contribution in [0.4, 0.5) is 0 Å². The van der Waals surface area contributed by atoms with Gasteiger partial charge in [-0.25, -0.2) is 0 Å². The van der Waals surface area contributed by atoms with Gasteiger partial charge in [0.1, 0.15) is 0 Å². The molecule has 4 nitrogen and oxygen atoms in total. The number of aliphatic carboxylic acids is 1. The Hall–Kier alpha value is -2.04. The number of carboxylic acid groups (broad SMARTS) is 1. The Balaban J connectivity index is 1.70. The number of benzene rings is 2. The molecule has 0 aliphatic carbocycles. The monoisotopic (exact) mass is 377 g/mol. The molecule has 0 fully saturated rings. The summed E-state index contributed by atoms with van der Waals surface area (Å²) in [5, 5.41) is 10.4. The summed E-state index contributed by atoms with van der Waals surface area (Å²) in [6.07, 6.45) is 0.831. The highest BCUT2D eigenvalue weighted by atomic mass is 35.5. The van der Waals surface area contributed by atoms with Gasteiger partial charge in [-0.15, -0.1) is 0 Å². The number of fused-ring (bicyclic) bond motifs is 1. The van der Waals surface area contributed by atoms with Gasteiger partial charge in [0.2, 0.25) is 5.91 Å². The number of nitrogens with zero attached hydrogens (tertiary/aromatic N) is 1. The normalized spacial score (nSPS) is 16.4. The van der Waals surface area contributed by atoms with Crippen LogP contribution in [0.2, 0.25) is 10.0 Å². The molecule has 0 saturated heterocycles. The van der Waals surface area contributed by atoms with E-state index in [9.17, 15) is 14.7 Å². The molecule has 1 heterocycles. The summed E-state index contributed by atoms with van der Waals surface area (Å²) < 4.78 is 0. The van der Waals surface area contributed by atoms with Gasteiger partial charge in [0, 0.05) is 19.5 Å². The van der Waals surface area contributed by atoms with Crippen molar-refractivity contribution in [2.45, 2.75) is 25.3 Å². The van der Waals surface area contributed by atoms with Crippen LogP contribution in [0.3, 0.4) is 0 Å². The topological polar surface area (TPSA) is 57.6 Å². The van der Waals surface area contributed by atoms with Crippen molar-refractivity contribution in [1.29, 1.82) is 0 Å². The summed E-state index contributed by atoms with van der Waals surface area (Å²) >= 11 is 11.9. The number of carbonyl (C=O) groups is 2. The highest BCUT2D eigenvalue weighted by Gasteiger charge is 2.32. The van der Waals surface area contributed by atoms with Crippen molar-refractivity contribution in [2.75, 3.05) is 6.54 Å². The van der Waals surface area contributed by atoms with Gasteiger partial charge < -0.3 is 10.0 Å². The summed E-state index contributed by atoms with van der Waals surface area (Å²) in [6, 6.07) is 12.7. The average Bonchev–Trinajstić information content (AvgIpc) is 2.61. The van der Waals surface area contributed by atoms with Crippen LogP contribution in [0, 0.1) is 0 Å². The maximum Gasteiger partial charge on any atom is 0.312 e. The Kier molecular flexibility index (Phi) is 5.30. The van der Waals surface area contributed by atoms with Gasteiger partial charge >= 0.3 is 5.97 Å². The molecule has 1 unspecified atom stereocenters. The molecule has 1 aliphatic rings. The zero-order valence-corrected chi connectivity index (χ0v) is 14.9. The third-order valence-corrected chi connectivity index (χ3v) is 5.20. The van der Waals surface area contributed by atoms with E-state index < -0.39 is 11.9 Å². The predicted octanol–water partition coefficient (Wildman–Crippen LogP) is 4.14. The Labute approximate surface area is 156 Å². The maximum absolute atomic E-state index is 12.6. The van der Waals surface area contributed by atoms with Crippen LogP contribution in [0.25, 0.3) is 0 Å². The van der Waals surface area contributed by atoms with Gasteiger partial charge in [0.25, 0.3) is 0 Å². The van der Waals surface area contributed by atoms with Crippen molar-refractivity contribution in [2.24, 2.45) is 0 Å². The van der Waals surface area contributed by atoms with Crippen LogP contribution in [-0.2, 0) is 22.6 Å². The number of hydrogen-bond acceptors (Lipinski definition) is 2. The predicted molar refractivity (Wildman–Crippen MR) is 97.0 cm³/mol. The van der Waals surface area contributed by atoms with Crippen LogP contribution in [0.15, 0.2) is 42.5 Å². The van der Waals surface area contributed by atoms with E-state index in [1.165, 1.54) is 0 Å². The number of rotatable bonds is 4. The van der Waals surface area contributed by atoms with Gasteiger partial charge in [-0.1, -0.05) is 53.5 Å². The van der Waals surface area contributed by atoms with E-state index in [0.29, 0.717) is 29.4 Å². The van der Waals surface area contributed by atoms with Gasteiger partial charge in [0.15, 0.2) is 0 Å². The molecule has 2 aromatic rings. The first-order chi connectivity index (χ1) is 12.0. The zero-order valence-electron chi connectivity index (χ0n) is 13.4. The van der Waals surface area contributed by atoms with Crippen molar-refractivity contribution in [3.8, 4) is 0 Å². The van der Waals surface area contributed by atoms with Gasteiger partial charge in [-0.2, -0.15) is 0 Å². The lowest BCUT2D eigenvalue weighted by atomic mass is 9.89. The zero-order chi connectivity index (χ0) is 18.0. The molecule has 3 rings (SSSR count). The second-order valence-electron chi connectivity index (χ2n) is 6.11. The molecular formula is C19H17Cl2NO3. The smallest absolute Gasteiger partial charge is 0.312 e. The van der Waals surface area contributed by atoms with Crippen LogP contribution >= 0.6 is 23.2 Å². The maximum atomic E-state index is 12.6. The molecule has 1 aliphatic heterocycles. The number of halogens is 2. The lowest BCUT2D eigenvalue weighted by Gasteiger charge is -2.33. The lowest BCUT2D eigenvalue weighted by molar-refractivity contribution is -0.141. The molecule has 0 bridgehead atoms. The number of carbonyl (C=O) groups excluding carboxylic acids is 1. The van der Waals surface area contributed by atoms with Crippen LogP contribution in [0.5, 0.6) is 0 Å². The standard InChI is InChI=1S/C19H17Cl2NO3/c20-16-7-5-12(9-17(16)21)6-8-18(23)22-10-13-3-1-2-4-14(13)15(11-22)19(24)25/h1-5,7,9,15H,6,8,10-11H2,(H,24,25). The SMILES string of the molecule is O=C(O)C1CN(C(=O)CCc2ccc(Cl)c(Cl)c2)Cc2ccccc21. The summed E-state index contributed by atoms with van der Waals surface area (Å²) in [5.74, 6) is -1.65. The number of hydrogen-bond donors (Lipinski definition) is 1. The van der Waals surface area contributed by atoms with E-state index >= 15 is 0 Å². The highest BCUT2D eigenvalue weighted by molar-refractivity contribution is 6.42. The van der Waals surface area contributed by atoms with Crippen LogP contribution in [-0.4, -0.2) is 28.4 Å². The molecule has 1 atom stereocenters. The summed E-state index contributed by atoms with van der Waals surface area (Å²) in [5.41, 5.74) is 2.61. The third kappa shape index (κ3) is 3.97. The molecule has 1 N–H and O–H groups in total. The molecule has 0 aromatic heterocycles. The van der Waals surface area contributed by atoms with Crippen molar-refractivity contribution in [1.82, 2.24) is 4.90 Å². The average molecular weight is 378 g/mol. The first-order valence-corrected chi connectivity index (χ1v) is 8.73.